The minimum Gasteiger partial charge on any atom is -0.496 e. The van der Waals surface area contributed by atoms with E-state index in [2.05, 4.69) is 30.5 Å². The van der Waals surface area contributed by atoms with Crippen molar-refractivity contribution in [1.29, 1.82) is 0 Å². The van der Waals surface area contributed by atoms with Crippen LogP contribution in [0.25, 0.3) is 5.65 Å². The quantitative estimate of drug-likeness (QED) is 0.509. The molecule has 14 heteroatoms. The molecule has 3 aromatic heterocycles. The van der Waals surface area contributed by atoms with Crippen molar-refractivity contribution in [2.24, 2.45) is 0 Å². The van der Waals surface area contributed by atoms with E-state index in [-0.39, 0.29) is 5.91 Å². The second-order valence-electron chi connectivity index (χ2n) is 7.17. The van der Waals surface area contributed by atoms with Crippen molar-refractivity contribution in [2.75, 3.05) is 43.5 Å². The molecule has 3 aromatic rings. The largest absolute Gasteiger partial charge is 0.496 e. The number of carbonyl (C=O) groups is 2. The second kappa shape index (κ2) is 10.3. The average molecular weight is 481 g/mol. The van der Waals surface area contributed by atoms with Gasteiger partial charge in [0.05, 0.1) is 36.4 Å². The Morgan fingerprint density at radius 1 is 1.18 bits per heavy atom. The van der Waals surface area contributed by atoms with E-state index in [0.717, 1.165) is 37.5 Å². The summed E-state index contributed by atoms with van der Waals surface area (Å²) in [4.78, 5) is 36.9. The van der Waals surface area contributed by atoms with Gasteiger partial charge in [0, 0.05) is 44.6 Å². The summed E-state index contributed by atoms with van der Waals surface area (Å²) in [6, 6.07) is 1.74. The molecule has 0 aromatic carbocycles. The number of ether oxygens (including phenoxy) is 1. The molecule has 4 heterocycles. The summed E-state index contributed by atoms with van der Waals surface area (Å²) in [5, 5.41) is 13.2. The number of amides is 1. The first kappa shape index (κ1) is 24.7. The number of aliphatic carboxylic acids is 1. The van der Waals surface area contributed by atoms with Crippen molar-refractivity contribution in [2.45, 2.75) is 13.1 Å². The van der Waals surface area contributed by atoms with Crippen LogP contribution in [0, 0.1) is 6.92 Å². The molecule has 0 aliphatic carbocycles. The van der Waals surface area contributed by atoms with E-state index in [4.69, 9.17) is 14.6 Å². The maximum atomic E-state index is 12.7. The molecule has 11 nitrogen and oxygen atoms in total. The van der Waals surface area contributed by atoms with E-state index in [1.807, 2.05) is 13.1 Å². The molecule has 1 aliphatic rings. The lowest BCUT2D eigenvalue weighted by Crippen LogP contribution is -2.44. The number of nitrogens with one attached hydrogen (secondary N) is 2. The number of carboxylic acids is 1. The van der Waals surface area contributed by atoms with Crippen LogP contribution in [-0.2, 0) is 4.79 Å². The number of methoxy groups -OCH3 is 1. The molecule has 1 saturated heterocycles. The van der Waals surface area contributed by atoms with Crippen molar-refractivity contribution < 1.29 is 32.6 Å². The van der Waals surface area contributed by atoms with E-state index in [1.54, 1.807) is 29.1 Å². The Balaban J connectivity index is 0.000000406. The molecule has 1 amide bonds. The number of aromatic nitrogens is 4. The van der Waals surface area contributed by atoms with Gasteiger partial charge in [-0.25, -0.2) is 19.7 Å². The minimum absolute atomic E-state index is 0.293. The van der Waals surface area contributed by atoms with Gasteiger partial charge in [0.15, 0.2) is 0 Å². The summed E-state index contributed by atoms with van der Waals surface area (Å²) < 4.78 is 38.9. The maximum Gasteiger partial charge on any atom is 0.490 e. The lowest BCUT2D eigenvalue weighted by molar-refractivity contribution is -0.192. The van der Waals surface area contributed by atoms with Crippen molar-refractivity contribution >= 4 is 29.2 Å². The number of anilines is 2. The number of fused-ring (bicyclic) bond motifs is 1. The number of aryl methyl sites for hydroxylation is 1. The number of piperazine rings is 1. The van der Waals surface area contributed by atoms with Crippen LogP contribution in [0.2, 0.25) is 0 Å². The van der Waals surface area contributed by atoms with E-state index in [1.165, 1.54) is 7.11 Å². The molecule has 0 saturated carbocycles. The Hall–Kier alpha value is -3.94. The van der Waals surface area contributed by atoms with Crippen LogP contribution < -0.4 is 20.3 Å². The number of imidazole rings is 1. The highest BCUT2D eigenvalue weighted by Crippen LogP contribution is 2.22. The Labute approximate surface area is 191 Å². The fourth-order valence-corrected chi connectivity index (χ4v) is 3.09. The fraction of sp³-hybridized carbons (Fsp3) is 0.350. The van der Waals surface area contributed by atoms with Gasteiger partial charge in [0.2, 0.25) is 5.95 Å². The fourth-order valence-electron chi connectivity index (χ4n) is 3.09. The van der Waals surface area contributed by atoms with Gasteiger partial charge in [-0.2, -0.15) is 13.2 Å². The number of pyridine rings is 1. The number of hydrogen-bond donors (Lipinski definition) is 3. The number of halogens is 3. The normalized spacial score (nSPS) is 13.7. The number of carbonyl (C=O) groups excluding carboxylic acids is 1. The third-order valence-electron chi connectivity index (χ3n) is 4.68. The third-order valence-corrected chi connectivity index (χ3v) is 4.68. The summed E-state index contributed by atoms with van der Waals surface area (Å²) in [6.45, 7) is 5.46. The zero-order valence-corrected chi connectivity index (χ0v) is 18.3. The number of alkyl halides is 3. The van der Waals surface area contributed by atoms with E-state index >= 15 is 0 Å². The van der Waals surface area contributed by atoms with E-state index in [9.17, 15) is 18.0 Å². The monoisotopic (exact) mass is 481 g/mol. The molecule has 0 radical (unpaired) electrons. The van der Waals surface area contributed by atoms with Crippen LogP contribution in [0.4, 0.5) is 24.8 Å². The second-order valence-corrected chi connectivity index (χ2v) is 7.17. The van der Waals surface area contributed by atoms with Crippen LogP contribution in [0.1, 0.15) is 16.1 Å². The predicted octanol–water partition coefficient (Wildman–Crippen LogP) is 1.74. The number of carboxylic acid groups (broad SMARTS) is 1. The molecule has 1 aliphatic heterocycles. The molecular weight excluding hydrogens is 459 g/mol. The van der Waals surface area contributed by atoms with E-state index < -0.39 is 12.1 Å². The number of nitrogens with zero attached hydrogens (tertiary/aromatic N) is 5. The first-order valence-corrected chi connectivity index (χ1v) is 10.0. The van der Waals surface area contributed by atoms with Gasteiger partial charge in [-0.3, -0.25) is 4.79 Å². The van der Waals surface area contributed by atoms with Gasteiger partial charge >= 0.3 is 12.1 Å². The van der Waals surface area contributed by atoms with Gasteiger partial charge in [-0.15, -0.1) is 0 Å². The van der Waals surface area contributed by atoms with Gasteiger partial charge in [-0.1, -0.05) is 0 Å². The summed E-state index contributed by atoms with van der Waals surface area (Å²) >= 11 is 0. The molecule has 0 unspecified atom stereocenters. The first-order valence-electron chi connectivity index (χ1n) is 10.0. The highest BCUT2D eigenvalue weighted by Gasteiger charge is 2.38. The zero-order valence-electron chi connectivity index (χ0n) is 18.3. The van der Waals surface area contributed by atoms with Crippen LogP contribution in [-0.4, -0.2) is 75.8 Å². The van der Waals surface area contributed by atoms with Gasteiger partial charge < -0.3 is 29.8 Å². The topological polar surface area (TPSA) is 134 Å². The predicted molar refractivity (Wildman–Crippen MR) is 115 cm³/mol. The van der Waals surface area contributed by atoms with Crippen molar-refractivity contribution in [3.05, 3.63) is 42.1 Å². The highest BCUT2D eigenvalue weighted by atomic mass is 19.4. The summed E-state index contributed by atoms with van der Waals surface area (Å²) in [5.74, 6) is -1.92. The van der Waals surface area contributed by atoms with Crippen molar-refractivity contribution in [1.82, 2.24) is 24.7 Å². The lowest BCUT2D eigenvalue weighted by atomic mass is 10.2. The molecule has 3 N–H and O–H groups in total. The summed E-state index contributed by atoms with van der Waals surface area (Å²) in [6.07, 6.45) is 1.72. The molecule has 0 bridgehead atoms. The first-order chi connectivity index (χ1) is 16.1. The van der Waals surface area contributed by atoms with Crippen molar-refractivity contribution in [3.63, 3.8) is 0 Å². The smallest absolute Gasteiger partial charge is 0.490 e. The van der Waals surface area contributed by atoms with Crippen molar-refractivity contribution in [3.8, 4) is 5.75 Å². The van der Waals surface area contributed by atoms with Gasteiger partial charge in [0.25, 0.3) is 5.91 Å². The molecular formula is C20H22F3N7O4. The standard InChI is InChI=1S/C18H21N7O2.C2HF3O2/c1-12-10-25-11-14(15(27-2)7-16(25)22-12)17(26)23-13-8-20-18(21-9-13)24-5-3-19-4-6-24;3-2(4,5)1(6)7/h7-11,19H,3-6H2,1-2H3,(H,23,26);(H,6,7). The van der Waals surface area contributed by atoms with Crippen LogP contribution in [0.3, 0.4) is 0 Å². The molecule has 4 rings (SSSR count). The molecule has 34 heavy (non-hydrogen) atoms. The van der Waals surface area contributed by atoms with Crippen LogP contribution in [0.5, 0.6) is 5.75 Å². The zero-order chi connectivity index (χ0) is 24.9. The number of rotatable bonds is 4. The van der Waals surface area contributed by atoms with Crippen LogP contribution >= 0.6 is 0 Å². The minimum atomic E-state index is -5.08. The Morgan fingerprint density at radius 3 is 2.35 bits per heavy atom. The Bertz CT molecular complexity index is 1160. The molecule has 0 atom stereocenters. The van der Waals surface area contributed by atoms with Crippen LogP contribution in [0.15, 0.2) is 30.9 Å². The lowest BCUT2D eigenvalue weighted by Gasteiger charge is -2.27. The third kappa shape index (κ3) is 6.10. The van der Waals surface area contributed by atoms with Gasteiger partial charge in [0.1, 0.15) is 11.4 Å². The summed E-state index contributed by atoms with van der Waals surface area (Å²) in [7, 11) is 1.53. The Kier molecular flexibility index (Phi) is 7.50. The SMILES string of the molecule is COc1cc2nc(C)cn2cc1C(=O)Nc1cnc(N2CCNCC2)nc1.O=C(O)C(F)(F)F. The summed E-state index contributed by atoms with van der Waals surface area (Å²) in [5.41, 5.74) is 2.53. The molecule has 182 valence electrons. The molecule has 1 fully saturated rings. The number of hydrogen-bond acceptors (Lipinski definition) is 8. The van der Waals surface area contributed by atoms with Gasteiger partial charge in [-0.05, 0) is 6.92 Å². The molecule has 0 spiro atoms. The average Bonchev–Trinajstić information content (AvgIpc) is 3.18. The Morgan fingerprint density at radius 2 is 1.79 bits per heavy atom. The van der Waals surface area contributed by atoms with E-state index in [0.29, 0.717) is 22.9 Å². The maximum absolute atomic E-state index is 12.7. The highest BCUT2D eigenvalue weighted by molar-refractivity contribution is 6.06.